The third-order valence-corrected chi connectivity index (χ3v) is 4.66. The number of nitrogens with zero attached hydrogens (tertiary/aromatic N) is 2. The summed E-state index contributed by atoms with van der Waals surface area (Å²) in [5, 5.41) is 12.5. The van der Waals surface area contributed by atoms with Crippen LogP contribution in [0.15, 0.2) is 97.1 Å². The van der Waals surface area contributed by atoms with E-state index in [2.05, 4.69) is 47.0 Å². The molecule has 3 nitrogen and oxygen atoms in total. The number of benzene rings is 4. The van der Waals surface area contributed by atoms with E-state index in [4.69, 9.17) is 13.2 Å². The van der Waals surface area contributed by atoms with Crippen LogP contribution in [-0.2, 0) is 32.7 Å². The third kappa shape index (κ3) is 8.34. The Morgan fingerprint density at radius 2 is 1.18 bits per heavy atom. The van der Waals surface area contributed by atoms with Gasteiger partial charge in [0.15, 0.2) is 0 Å². The Morgan fingerprint density at radius 3 is 1.79 bits per heavy atom. The minimum atomic E-state index is 0. The number of hydrogen-bond acceptors (Lipinski definition) is 1. The van der Waals surface area contributed by atoms with Crippen LogP contribution in [-0.4, -0.2) is 14.9 Å². The number of para-hydroxylation sites is 2. The molecule has 0 heterocycles. The second-order valence-electron chi connectivity index (χ2n) is 6.67. The van der Waals surface area contributed by atoms with E-state index in [1.807, 2.05) is 88.4 Å². The monoisotopic (exact) mass is 522 g/mol. The van der Waals surface area contributed by atoms with Gasteiger partial charge in [-0.25, -0.2) is 0 Å². The quantitative estimate of drug-likeness (QED) is 0.253. The van der Waals surface area contributed by atoms with Gasteiger partial charge in [-0.3, -0.25) is 0 Å². The molecular formula is C29H32BN3Y-2. The first-order chi connectivity index (χ1) is 16.2. The molecule has 0 fully saturated rings. The van der Waals surface area contributed by atoms with Gasteiger partial charge < -0.3 is 16.0 Å². The Balaban J connectivity index is 0.00000110. The van der Waals surface area contributed by atoms with Crippen LogP contribution in [0.25, 0.3) is 21.8 Å². The van der Waals surface area contributed by atoms with Gasteiger partial charge in [0.05, 0.1) is 0 Å². The van der Waals surface area contributed by atoms with E-state index in [0.29, 0.717) is 5.46 Å². The molecule has 34 heavy (non-hydrogen) atoms. The average Bonchev–Trinajstić information content (AvgIpc) is 2.89. The minimum absolute atomic E-state index is 0. The zero-order valence-electron chi connectivity index (χ0n) is 20.8. The molecule has 4 aromatic rings. The van der Waals surface area contributed by atoms with E-state index in [-0.39, 0.29) is 32.7 Å². The van der Waals surface area contributed by atoms with Crippen molar-refractivity contribution in [3.05, 3.63) is 108 Å². The van der Waals surface area contributed by atoms with Gasteiger partial charge >= 0.3 is 0 Å². The predicted octanol–water partition coefficient (Wildman–Crippen LogP) is 8.91. The maximum absolute atomic E-state index is 6.02. The smallest absolute Gasteiger partial charge is 0.113 e. The summed E-state index contributed by atoms with van der Waals surface area (Å²) >= 11 is 0. The first-order valence-electron chi connectivity index (χ1n) is 11.5. The van der Waals surface area contributed by atoms with Crippen LogP contribution in [0.3, 0.4) is 0 Å². The molecule has 0 amide bonds. The van der Waals surface area contributed by atoms with E-state index in [1.54, 1.807) is 7.05 Å². The van der Waals surface area contributed by atoms with E-state index >= 15 is 0 Å². The van der Waals surface area contributed by atoms with Crippen LogP contribution in [0.2, 0.25) is 0 Å². The predicted molar refractivity (Wildman–Crippen MR) is 148 cm³/mol. The fourth-order valence-electron chi connectivity index (χ4n) is 3.16. The average molecular weight is 522 g/mol. The topological polar surface area (TPSA) is 40.2 Å². The summed E-state index contributed by atoms with van der Waals surface area (Å²) in [6.45, 7) is 8.00. The van der Waals surface area contributed by atoms with Crippen molar-refractivity contribution in [2.45, 2.75) is 27.7 Å². The molecule has 4 aromatic carbocycles. The van der Waals surface area contributed by atoms with E-state index < -0.39 is 0 Å². The van der Waals surface area contributed by atoms with Gasteiger partial charge in [-0.2, -0.15) is 11.4 Å². The second kappa shape index (κ2) is 16.1. The standard InChI is InChI=1S/C25H20BN3.2C2H6.Y/c1-27-22-9-5-6-10-23(22)29-25-17-20(26)13-16-24(25)28-21-14-11-19(12-15-21)18-7-3-2-4-8-18;2*1-2;/h2-17,28H,1H3;2*1-2H3;/q-2;;;. The molecule has 0 spiro atoms. The summed E-state index contributed by atoms with van der Waals surface area (Å²) < 4.78 is 0. The summed E-state index contributed by atoms with van der Waals surface area (Å²) in [5.41, 5.74) is 7.33. The van der Waals surface area contributed by atoms with Crippen molar-refractivity contribution in [2.24, 2.45) is 0 Å². The van der Waals surface area contributed by atoms with Crippen molar-refractivity contribution in [3.8, 4) is 11.1 Å². The Bertz CT molecular complexity index is 1100. The molecule has 171 valence electrons. The maximum Gasteiger partial charge on any atom is 0.113 e. The number of hydrogen-bond donors (Lipinski definition) is 1. The van der Waals surface area contributed by atoms with Gasteiger partial charge in [0.2, 0.25) is 0 Å². The molecule has 0 atom stereocenters. The molecule has 0 saturated heterocycles. The molecule has 1 N–H and O–H groups in total. The van der Waals surface area contributed by atoms with Crippen LogP contribution < -0.4 is 10.8 Å². The number of nitrogens with one attached hydrogen (secondary N) is 1. The molecule has 5 heteroatoms. The van der Waals surface area contributed by atoms with Crippen molar-refractivity contribution in [3.63, 3.8) is 0 Å². The first kappa shape index (κ1) is 29.5. The molecule has 4 rings (SSSR count). The molecule has 0 unspecified atom stereocenters. The summed E-state index contributed by atoms with van der Waals surface area (Å²) in [5.74, 6) is 0. The van der Waals surface area contributed by atoms with Crippen molar-refractivity contribution in [1.82, 2.24) is 0 Å². The van der Waals surface area contributed by atoms with Gasteiger partial charge in [0, 0.05) is 44.1 Å². The molecule has 0 aliphatic carbocycles. The zero-order valence-corrected chi connectivity index (χ0v) is 23.6. The van der Waals surface area contributed by atoms with Gasteiger partial charge in [0.25, 0.3) is 0 Å². The van der Waals surface area contributed by atoms with Crippen LogP contribution in [0.5, 0.6) is 0 Å². The summed E-state index contributed by atoms with van der Waals surface area (Å²) in [6, 6.07) is 32.2. The molecule has 0 saturated carbocycles. The van der Waals surface area contributed by atoms with Gasteiger partial charge in [-0.15, -0.1) is 12.7 Å². The van der Waals surface area contributed by atoms with E-state index in [1.165, 1.54) is 11.1 Å². The van der Waals surface area contributed by atoms with Crippen molar-refractivity contribution in [2.75, 3.05) is 12.4 Å². The van der Waals surface area contributed by atoms with Gasteiger partial charge in [-0.05, 0) is 29.3 Å². The van der Waals surface area contributed by atoms with Crippen molar-refractivity contribution < 1.29 is 32.7 Å². The number of rotatable bonds is 6. The largest absolute Gasteiger partial charge is 0.688 e. The van der Waals surface area contributed by atoms with Crippen molar-refractivity contribution in [1.29, 1.82) is 0 Å². The number of anilines is 2. The summed E-state index contributed by atoms with van der Waals surface area (Å²) in [7, 11) is 7.78. The Kier molecular flexibility index (Phi) is 14.0. The normalized spacial score (nSPS) is 9.21. The maximum atomic E-state index is 6.02. The fraction of sp³-hybridized carbons (Fsp3) is 0.172. The molecule has 0 aromatic heterocycles. The van der Waals surface area contributed by atoms with E-state index in [9.17, 15) is 0 Å². The van der Waals surface area contributed by atoms with Gasteiger partial charge in [-0.1, -0.05) is 112 Å². The van der Waals surface area contributed by atoms with E-state index in [0.717, 1.165) is 28.4 Å². The fourth-order valence-corrected chi connectivity index (χ4v) is 3.16. The minimum Gasteiger partial charge on any atom is -0.688 e. The van der Waals surface area contributed by atoms with Gasteiger partial charge in [0.1, 0.15) is 7.85 Å². The molecule has 0 aliphatic heterocycles. The summed E-state index contributed by atoms with van der Waals surface area (Å²) in [6.07, 6.45) is 0. The summed E-state index contributed by atoms with van der Waals surface area (Å²) in [4.78, 5) is 0. The van der Waals surface area contributed by atoms with Crippen LogP contribution >= 0.6 is 0 Å². The van der Waals surface area contributed by atoms with Crippen LogP contribution in [0, 0.1) is 0 Å². The SMILES string of the molecule is CC.CC.[B]c1ccc(Nc2ccc(-c3ccccc3)cc2)c([N-]c2ccccc2[N-]C)c1.[Y]. The van der Waals surface area contributed by atoms with Crippen LogP contribution in [0.1, 0.15) is 27.7 Å². The molecule has 0 aliphatic rings. The molecule has 0 bridgehead atoms. The van der Waals surface area contributed by atoms with Crippen molar-refractivity contribution >= 4 is 41.7 Å². The zero-order chi connectivity index (χ0) is 24.1. The second-order valence-corrected chi connectivity index (χ2v) is 6.67. The molecular weight excluding hydrogens is 490 g/mol. The third-order valence-electron chi connectivity index (χ3n) is 4.66. The Morgan fingerprint density at radius 1 is 0.618 bits per heavy atom. The Hall–Kier alpha value is -2.55. The first-order valence-corrected chi connectivity index (χ1v) is 11.5. The molecule has 3 radical (unpaired) electrons. The Labute approximate surface area is 232 Å². The van der Waals surface area contributed by atoms with Crippen LogP contribution in [0.4, 0.5) is 28.4 Å².